The summed E-state index contributed by atoms with van der Waals surface area (Å²) < 4.78 is 6.77. The van der Waals surface area contributed by atoms with Gasteiger partial charge >= 0.3 is 6.09 Å². The van der Waals surface area contributed by atoms with Gasteiger partial charge < -0.3 is 4.74 Å². The van der Waals surface area contributed by atoms with Gasteiger partial charge in [-0.15, -0.1) is 0 Å². The topological polar surface area (TPSA) is 56.1 Å². The highest BCUT2D eigenvalue weighted by atomic mass is 16.5. The number of aromatic nitrogens is 2. The molecule has 0 atom stereocenters. The zero-order valence-electron chi connectivity index (χ0n) is 10.4. The fourth-order valence-electron chi connectivity index (χ4n) is 1.49. The van der Waals surface area contributed by atoms with Gasteiger partial charge in [-0.05, 0) is 12.5 Å². The second-order valence-electron chi connectivity index (χ2n) is 3.98. The van der Waals surface area contributed by atoms with Gasteiger partial charge in [-0.2, -0.15) is 5.10 Å². The highest BCUT2D eigenvalue weighted by Crippen LogP contribution is 2.08. The van der Waals surface area contributed by atoms with Crippen LogP contribution in [0.2, 0.25) is 0 Å². The van der Waals surface area contributed by atoms with Crippen LogP contribution in [-0.2, 0) is 18.4 Å². The molecule has 0 saturated heterocycles. The summed E-state index contributed by atoms with van der Waals surface area (Å²) in [6.07, 6.45) is -0.503. The first-order valence-electron chi connectivity index (χ1n) is 5.63. The molecule has 18 heavy (non-hydrogen) atoms. The standard InChI is InChI=1S/C13H15N3O2/c1-10-8-12(15-16(10)2)14-13(17)18-9-11-6-4-3-5-7-11/h3-8H,9H2,1-2H3,(H,14,15,17). The van der Waals surface area contributed by atoms with Crippen molar-refractivity contribution in [3.05, 3.63) is 47.7 Å². The lowest BCUT2D eigenvalue weighted by Crippen LogP contribution is -2.14. The molecule has 1 heterocycles. The number of hydrogen-bond donors (Lipinski definition) is 1. The summed E-state index contributed by atoms with van der Waals surface area (Å²) in [5, 5.41) is 6.69. The molecule has 0 fully saturated rings. The number of ether oxygens (including phenoxy) is 1. The smallest absolute Gasteiger partial charge is 0.413 e. The fourth-order valence-corrected chi connectivity index (χ4v) is 1.49. The third kappa shape index (κ3) is 3.10. The molecular formula is C13H15N3O2. The van der Waals surface area contributed by atoms with E-state index in [-0.39, 0.29) is 6.61 Å². The summed E-state index contributed by atoms with van der Waals surface area (Å²) >= 11 is 0. The van der Waals surface area contributed by atoms with E-state index in [1.54, 1.807) is 10.7 Å². The molecular weight excluding hydrogens is 230 g/mol. The van der Waals surface area contributed by atoms with Gasteiger partial charge in [0.05, 0.1) is 0 Å². The lowest BCUT2D eigenvalue weighted by molar-refractivity contribution is 0.155. The first-order chi connectivity index (χ1) is 8.65. The number of aryl methyl sites for hydroxylation is 2. The number of nitrogens with one attached hydrogen (secondary N) is 1. The Morgan fingerprint density at radius 3 is 2.72 bits per heavy atom. The minimum atomic E-state index is -0.503. The molecule has 0 bridgehead atoms. The molecule has 0 aliphatic rings. The Hall–Kier alpha value is -2.30. The van der Waals surface area contributed by atoms with Gasteiger partial charge in [0, 0.05) is 18.8 Å². The molecule has 0 unspecified atom stereocenters. The third-order valence-corrected chi connectivity index (χ3v) is 2.56. The normalized spacial score (nSPS) is 10.1. The summed E-state index contributed by atoms with van der Waals surface area (Å²) in [5.74, 6) is 0.494. The van der Waals surface area contributed by atoms with Crippen molar-refractivity contribution in [1.82, 2.24) is 9.78 Å². The van der Waals surface area contributed by atoms with Crippen LogP contribution < -0.4 is 5.32 Å². The third-order valence-electron chi connectivity index (χ3n) is 2.56. The summed E-state index contributed by atoms with van der Waals surface area (Å²) in [7, 11) is 1.82. The molecule has 1 amide bonds. The number of carbonyl (C=O) groups is 1. The second-order valence-corrected chi connectivity index (χ2v) is 3.98. The van der Waals surface area contributed by atoms with E-state index < -0.39 is 6.09 Å². The van der Waals surface area contributed by atoms with E-state index in [0.29, 0.717) is 5.82 Å². The Kier molecular flexibility index (Phi) is 3.62. The van der Waals surface area contributed by atoms with E-state index in [2.05, 4.69) is 10.4 Å². The number of rotatable bonds is 3. The molecule has 1 N–H and O–H groups in total. The predicted molar refractivity (Wildman–Crippen MR) is 68.2 cm³/mol. The number of carbonyl (C=O) groups excluding carboxylic acids is 1. The van der Waals surface area contributed by atoms with Crippen molar-refractivity contribution in [2.75, 3.05) is 5.32 Å². The first kappa shape index (κ1) is 12.2. The molecule has 1 aromatic carbocycles. The van der Waals surface area contributed by atoms with Gasteiger partial charge in [-0.25, -0.2) is 4.79 Å². The molecule has 5 heteroatoms. The number of nitrogens with zero attached hydrogens (tertiary/aromatic N) is 2. The maximum Gasteiger partial charge on any atom is 0.413 e. The van der Waals surface area contributed by atoms with Crippen LogP contribution in [0.15, 0.2) is 36.4 Å². The van der Waals surface area contributed by atoms with E-state index in [1.165, 1.54) is 0 Å². The van der Waals surface area contributed by atoms with Crippen molar-refractivity contribution < 1.29 is 9.53 Å². The van der Waals surface area contributed by atoms with Crippen molar-refractivity contribution in [3.63, 3.8) is 0 Å². The van der Waals surface area contributed by atoms with Crippen molar-refractivity contribution in [3.8, 4) is 0 Å². The van der Waals surface area contributed by atoms with E-state index in [1.807, 2.05) is 44.3 Å². The van der Waals surface area contributed by atoms with Crippen LogP contribution in [0, 0.1) is 6.92 Å². The summed E-state index contributed by atoms with van der Waals surface area (Å²) in [4.78, 5) is 11.5. The molecule has 5 nitrogen and oxygen atoms in total. The zero-order valence-corrected chi connectivity index (χ0v) is 10.4. The number of anilines is 1. The van der Waals surface area contributed by atoms with Crippen LogP contribution in [0.4, 0.5) is 10.6 Å². The van der Waals surface area contributed by atoms with Gasteiger partial charge in [-0.1, -0.05) is 30.3 Å². The average Bonchev–Trinajstić information content (AvgIpc) is 2.67. The predicted octanol–water partition coefficient (Wildman–Crippen LogP) is 2.48. The molecule has 0 radical (unpaired) electrons. The van der Waals surface area contributed by atoms with E-state index >= 15 is 0 Å². The van der Waals surface area contributed by atoms with E-state index in [0.717, 1.165) is 11.3 Å². The van der Waals surface area contributed by atoms with Gasteiger partial charge in [0.25, 0.3) is 0 Å². The Balaban J connectivity index is 1.86. The van der Waals surface area contributed by atoms with Crippen molar-refractivity contribution in [2.45, 2.75) is 13.5 Å². The van der Waals surface area contributed by atoms with Crippen LogP contribution >= 0.6 is 0 Å². The number of amides is 1. The molecule has 94 valence electrons. The molecule has 0 saturated carbocycles. The summed E-state index contributed by atoms with van der Waals surface area (Å²) in [5.41, 5.74) is 1.92. The van der Waals surface area contributed by atoms with Crippen LogP contribution in [0.25, 0.3) is 0 Å². The minimum Gasteiger partial charge on any atom is -0.444 e. The highest BCUT2D eigenvalue weighted by molar-refractivity contribution is 5.83. The molecule has 0 aliphatic carbocycles. The molecule has 2 rings (SSSR count). The molecule has 1 aromatic heterocycles. The second kappa shape index (κ2) is 5.35. The minimum absolute atomic E-state index is 0.249. The lowest BCUT2D eigenvalue weighted by Gasteiger charge is -2.04. The van der Waals surface area contributed by atoms with Crippen molar-refractivity contribution in [2.24, 2.45) is 7.05 Å². The molecule has 2 aromatic rings. The Bertz CT molecular complexity index is 515. The largest absolute Gasteiger partial charge is 0.444 e. The van der Waals surface area contributed by atoms with E-state index in [4.69, 9.17) is 4.74 Å². The van der Waals surface area contributed by atoms with Gasteiger partial charge in [-0.3, -0.25) is 10.00 Å². The lowest BCUT2D eigenvalue weighted by atomic mass is 10.2. The van der Waals surface area contributed by atoms with Crippen LogP contribution in [0.3, 0.4) is 0 Å². The van der Waals surface area contributed by atoms with Crippen molar-refractivity contribution in [1.29, 1.82) is 0 Å². The van der Waals surface area contributed by atoms with Crippen LogP contribution in [0.5, 0.6) is 0 Å². The monoisotopic (exact) mass is 245 g/mol. The fraction of sp³-hybridized carbons (Fsp3) is 0.231. The van der Waals surface area contributed by atoms with Crippen LogP contribution in [-0.4, -0.2) is 15.9 Å². The average molecular weight is 245 g/mol. The SMILES string of the molecule is Cc1cc(NC(=O)OCc2ccccc2)nn1C. The van der Waals surface area contributed by atoms with Crippen molar-refractivity contribution >= 4 is 11.9 Å². The first-order valence-corrected chi connectivity index (χ1v) is 5.63. The van der Waals surface area contributed by atoms with Gasteiger partial charge in [0.15, 0.2) is 5.82 Å². The maximum absolute atomic E-state index is 11.5. The Labute approximate surface area is 105 Å². The zero-order chi connectivity index (χ0) is 13.0. The van der Waals surface area contributed by atoms with Gasteiger partial charge in [0.2, 0.25) is 0 Å². The van der Waals surface area contributed by atoms with Gasteiger partial charge in [0.1, 0.15) is 6.61 Å². The molecule has 0 aliphatic heterocycles. The highest BCUT2D eigenvalue weighted by Gasteiger charge is 2.07. The molecule has 0 spiro atoms. The Morgan fingerprint density at radius 2 is 2.11 bits per heavy atom. The number of hydrogen-bond acceptors (Lipinski definition) is 3. The van der Waals surface area contributed by atoms with E-state index in [9.17, 15) is 4.79 Å². The maximum atomic E-state index is 11.5. The summed E-state index contributed by atoms with van der Waals surface area (Å²) in [6, 6.07) is 11.3. The summed E-state index contributed by atoms with van der Waals surface area (Å²) in [6.45, 7) is 2.16. The van der Waals surface area contributed by atoms with Crippen LogP contribution in [0.1, 0.15) is 11.3 Å². The number of benzene rings is 1. The Morgan fingerprint density at radius 1 is 1.39 bits per heavy atom. The quantitative estimate of drug-likeness (QED) is 0.903.